The lowest BCUT2D eigenvalue weighted by atomic mass is 9.92. The van der Waals surface area contributed by atoms with Gasteiger partial charge in [0, 0.05) is 15.6 Å². The molecular weight excluding hydrogens is 254 g/mol. The van der Waals surface area contributed by atoms with Gasteiger partial charge >= 0.3 is 6.09 Å². The highest BCUT2D eigenvalue weighted by Gasteiger charge is 2.21. The molecule has 2 aromatic rings. The van der Waals surface area contributed by atoms with E-state index in [0.29, 0.717) is 5.69 Å². The largest absolute Gasteiger partial charge is 0.465 e. The van der Waals surface area contributed by atoms with Crippen LogP contribution in [0.5, 0.6) is 0 Å². The van der Waals surface area contributed by atoms with Crippen molar-refractivity contribution in [3.05, 3.63) is 41.5 Å². The van der Waals surface area contributed by atoms with Gasteiger partial charge in [0.15, 0.2) is 0 Å². The van der Waals surface area contributed by atoms with E-state index >= 15 is 0 Å². The van der Waals surface area contributed by atoms with Crippen molar-refractivity contribution in [2.24, 2.45) is 0 Å². The van der Waals surface area contributed by atoms with Crippen LogP contribution in [-0.2, 0) is 5.41 Å². The molecule has 1 aromatic heterocycles. The van der Waals surface area contributed by atoms with Crippen LogP contribution in [0, 0.1) is 6.85 Å². The first-order valence-electron chi connectivity index (χ1n) is 9.38. The molecule has 0 aliphatic rings. The second kappa shape index (κ2) is 5.00. The molecule has 0 unspecified atom stereocenters. The highest BCUT2D eigenvalue weighted by atomic mass is 16.4. The van der Waals surface area contributed by atoms with Crippen molar-refractivity contribution in [2.75, 3.05) is 5.32 Å². The molecule has 1 aromatic carbocycles. The molecule has 5 heteroatoms. The molecule has 0 saturated carbocycles. The first-order valence-corrected chi connectivity index (χ1v) is 5.88. The second-order valence-electron chi connectivity index (χ2n) is 5.23. The van der Waals surface area contributed by atoms with Crippen LogP contribution in [0.15, 0.2) is 30.2 Å². The fraction of sp³-hybridized carbons (Fsp3) is 0.333. The number of amides is 1. The monoisotopic (exact) mass is 280 g/mol. The number of carboxylic acid groups (broad SMARTS) is 1. The Balaban J connectivity index is 2.86. The summed E-state index contributed by atoms with van der Waals surface area (Å²) >= 11 is 0. The van der Waals surface area contributed by atoms with Crippen molar-refractivity contribution >= 4 is 11.9 Å². The minimum absolute atomic E-state index is 0.0742. The Kier molecular flexibility index (Phi) is 1.87. The molecule has 0 radical (unpaired) electrons. The van der Waals surface area contributed by atoms with E-state index in [1.807, 2.05) is 20.8 Å². The van der Waals surface area contributed by atoms with Gasteiger partial charge in [-0.2, -0.15) is 5.10 Å². The van der Waals surface area contributed by atoms with Gasteiger partial charge in [-0.1, -0.05) is 38.4 Å². The van der Waals surface area contributed by atoms with Crippen molar-refractivity contribution in [2.45, 2.75) is 33.0 Å². The van der Waals surface area contributed by atoms with Gasteiger partial charge in [-0.15, -0.1) is 0 Å². The lowest BCUT2D eigenvalue weighted by molar-refractivity contribution is 0.209. The third-order valence-electron chi connectivity index (χ3n) is 2.54. The van der Waals surface area contributed by atoms with E-state index in [2.05, 4.69) is 10.4 Å². The molecule has 2 rings (SSSR count). The Morgan fingerprint density at radius 3 is 2.55 bits per heavy atom. The Morgan fingerprint density at radius 2 is 2.05 bits per heavy atom. The molecule has 0 saturated heterocycles. The zero-order valence-electron chi connectivity index (χ0n) is 18.3. The predicted molar refractivity (Wildman–Crippen MR) is 78.6 cm³/mol. The molecule has 0 fully saturated rings. The Labute approximate surface area is 128 Å². The van der Waals surface area contributed by atoms with Gasteiger partial charge in [0.25, 0.3) is 0 Å². The van der Waals surface area contributed by atoms with Crippen molar-refractivity contribution in [1.29, 1.82) is 0 Å². The average molecular weight is 280 g/mol. The second-order valence-corrected chi connectivity index (χ2v) is 5.23. The highest BCUT2D eigenvalue weighted by Crippen LogP contribution is 2.26. The molecule has 106 valence electrons. The predicted octanol–water partition coefficient (Wildman–Crippen LogP) is 3.57. The number of nitrogens with one attached hydrogen (secondary N) is 1. The van der Waals surface area contributed by atoms with Gasteiger partial charge in [-0.05, 0) is 18.9 Å². The normalized spacial score (nSPS) is 17.1. The van der Waals surface area contributed by atoms with E-state index < -0.39 is 48.1 Å². The topological polar surface area (TPSA) is 67.2 Å². The van der Waals surface area contributed by atoms with Gasteiger partial charge in [0.05, 0.1) is 16.9 Å². The van der Waals surface area contributed by atoms with E-state index in [4.69, 9.17) is 14.7 Å². The summed E-state index contributed by atoms with van der Waals surface area (Å²) in [7, 11) is 0. The Morgan fingerprint density at radius 1 is 1.40 bits per heavy atom. The number of nitrogens with zero attached hydrogens (tertiary/aromatic N) is 2. The van der Waals surface area contributed by atoms with Gasteiger partial charge in [0.2, 0.25) is 0 Å². The van der Waals surface area contributed by atoms with Crippen LogP contribution in [0.2, 0.25) is 0 Å². The summed E-state index contributed by atoms with van der Waals surface area (Å²) in [5.74, 6) is -0.0742. The lowest BCUT2D eigenvalue weighted by Crippen LogP contribution is -2.13. The summed E-state index contributed by atoms with van der Waals surface area (Å²) in [4.78, 5) is 11.1. The molecule has 1 amide bonds. The summed E-state index contributed by atoms with van der Waals surface area (Å²) in [6.45, 7) is 2.66. The van der Waals surface area contributed by atoms with Crippen LogP contribution in [-0.4, -0.2) is 21.0 Å². The summed E-state index contributed by atoms with van der Waals surface area (Å²) in [5.41, 5.74) is -1.07. The molecule has 5 nitrogen and oxygen atoms in total. The van der Waals surface area contributed by atoms with E-state index in [1.165, 1.54) is 6.07 Å². The summed E-state index contributed by atoms with van der Waals surface area (Å²) < 4.78 is 55.6. The van der Waals surface area contributed by atoms with Crippen LogP contribution in [0.1, 0.15) is 41.6 Å². The minimum Gasteiger partial charge on any atom is -0.465 e. The number of carbonyl (C=O) groups is 1. The number of rotatable bonds is 2. The average Bonchev–Trinajstić information content (AvgIpc) is 2.87. The molecule has 0 spiro atoms. The number of benzene rings is 1. The van der Waals surface area contributed by atoms with Crippen LogP contribution in [0.4, 0.5) is 10.6 Å². The number of hydrogen-bond acceptors (Lipinski definition) is 2. The summed E-state index contributed by atoms with van der Waals surface area (Å²) in [5, 5.41) is 15.4. The molecule has 20 heavy (non-hydrogen) atoms. The maximum atomic E-state index is 11.1. The first-order chi connectivity index (χ1) is 12.2. The zero-order chi connectivity index (χ0) is 20.9. The van der Waals surface area contributed by atoms with E-state index in [1.54, 1.807) is 0 Å². The SMILES string of the molecule is [2H]c1c([2H])c(C([2H])([2H])[2H])c([2H])c([2H])c1-n1nc(C(C)(C)C)cc1NC(=O)O. The molecule has 0 atom stereocenters. The lowest BCUT2D eigenvalue weighted by Gasteiger charge is -2.14. The number of aromatic nitrogens is 2. The van der Waals surface area contributed by atoms with Crippen molar-refractivity contribution in [1.82, 2.24) is 9.78 Å². The zero-order valence-corrected chi connectivity index (χ0v) is 11.3. The smallest absolute Gasteiger partial charge is 0.410 e. The van der Waals surface area contributed by atoms with Crippen LogP contribution < -0.4 is 5.32 Å². The van der Waals surface area contributed by atoms with Crippen LogP contribution >= 0.6 is 0 Å². The van der Waals surface area contributed by atoms with Gasteiger partial charge in [0.1, 0.15) is 5.82 Å². The highest BCUT2D eigenvalue weighted by molar-refractivity contribution is 5.82. The summed E-state index contributed by atoms with van der Waals surface area (Å²) in [6.07, 6.45) is -1.40. The molecule has 0 aliphatic carbocycles. The van der Waals surface area contributed by atoms with E-state index in [0.717, 1.165) is 4.68 Å². The summed E-state index contributed by atoms with van der Waals surface area (Å²) in [6, 6.07) is -1.27. The first kappa shape index (κ1) is 7.47. The fourth-order valence-corrected chi connectivity index (χ4v) is 1.53. The Bertz CT molecular complexity index is 885. The van der Waals surface area contributed by atoms with E-state index in [-0.39, 0.29) is 11.5 Å². The maximum absolute atomic E-state index is 11.1. The quantitative estimate of drug-likeness (QED) is 0.883. The van der Waals surface area contributed by atoms with Crippen molar-refractivity contribution in [3.8, 4) is 5.69 Å². The molecule has 0 bridgehead atoms. The molecular formula is C15H19N3O2. The third-order valence-corrected chi connectivity index (χ3v) is 2.54. The third kappa shape index (κ3) is 2.99. The number of anilines is 1. The Hall–Kier alpha value is -2.30. The molecule has 0 aliphatic heterocycles. The fourth-order valence-electron chi connectivity index (χ4n) is 1.53. The van der Waals surface area contributed by atoms with Crippen molar-refractivity contribution < 1.29 is 19.5 Å². The van der Waals surface area contributed by atoms with E-state index in [9.17, 15) is 4.79 Å². The van der Waals surface area contributed by atoms with Crippen molar-refractivity contribution in [3.63, 3.8) is 0 Å². The standard InChI is InChI=1S/C15H19N3O2/c1-10-5-7-11(8-6-10)18-13(16-14(19)20)9-12(17-18)15(2,3)4/h5-9,16H,1-4H3,(H,19,20)/i1D3,5D,6D,7D,8D. The van der Waals surface area contributed by atoms with Gasteiger partial charge in [-0.25, -0.2) is 9.48 Å². The maximum Gasteiger partial charge on any atom is 0.410 e. The van der Waals surface area contributed by atoms with Gasteiger partial charge in [-0.3, -0.25) is 5.32 Å². The molecule has 1 heterocycles. The molecule has 2 N–H and O–H groups in total. The van der Waals surface area contributed by atoms with Gasteiger partial charge < -0.3 is 5.11 Å². The van der Waals surface area contributed by atoms with Crippen LogP contribution in [0.3, 0.4) is 0 Å². The number of hydrogen-bond donors (Lipinski definition) is 2. The minimum atomic E-state index is -2.83. The van der Waals surface area contributed by atoms with Crippen LogP contribution in [0.25, 0.3) is 5.69 Å².